The molecule has 0 amide bonds. The molecule has 5 heteroatoms. The predicted molar refractivity (Wildman–Crippen MR) is 82.6 cm³/mol. The lowest BCUT2D eigenvalue weighted by Crippen LogP contribution is -2.38. The predicted octanol–water partition coefficient (Wildman–Crippen LogP) is 1.65. The minimum atomic E-state index is -3.29. The minimum Gasteiger partial charge on any atom is -0.391 e. The zero-order chi connectivity index (χ0) is 15.5. The van der Waals surface area contributed by atoms with Crippen LogP contribution in [0.1, 0.15) is 43.7 Å². The zero-order valence-electron chi connectivity index (χ0n) is 12.6. The van der Waals surface area contributed by atoms with E-state index in [0.717, 1.165) is 11.8 Å². The maximum atomic E-state index is 11.6. The molecule has 3 unspecified atom stereocenters. The average Bonchev–Trinajstić information content (AvgIpc) is 2.38. The van der Waals surface area contributed by atoms with E-state index < -0.39 is 21.2 Å². The second kappa shape index (κ2) is 6.70. The first-order valence-corrected chi connectivity index (χ1v) is 8.80. The highest BCUT2D eigenvalue weighted by Gasteiger charge is 2.31. The lowest BCUT2D eigenvalue weighted by Gasteiger charge is -2.26. The molecule has 0 saturated heterocycles. The summed E-state index contributed by atoms with van der Waals surface area (Å²) < 4.78 is 23.1. The molecule has 3 atom stereocenters. The maximum absolute atomic E-state index is 11.6. The van der Waals surface area contributed by atoms with Crippen LogP contribution in [-0.4, -0.2) is 37.7 Å². The molecule has 1 aromatic rings. The van der Waals surface area contributed by atoms with E-state index in [4.69, 9.17) is 5.73 Å². The lowest BCUT2D eigenvalue weighted by atomic mass is 9.90. The van der Waals surface area contributed by atoms with Gasteiger partial charge in [-0.05, 0) is 24.0 Å². The van der Waals surface area contributed by atoms with E-state index in [2.05, 4.69) is 13.8 Å². The van der Waals surface area contributed by atoms with Crippen molar-refractivity contribution in [3.63, 3.8) is 0 Å². The molecule has 0 saturated carbocycles. The third-order valence-corrected chi connectivity index (χ3v) is 5.48. The number of benzene rings is 1. The van der Waals surface area contributed by atoms with Crippen molar-refractivity contribution in [1.29, 1.82) is 0 Å². The summed E-state index contributed by atoms with van der Waals surface area (Å²) in [5.41, 5.74) is 7.81. The van der Waals surface area contributed by atoms with Gasteiger partial charge in [-0.2, -0.15) is 0 Å². The number of rotatable bonds is 6. The molecule has 1 rings (SSSR count). The molecular formula is C15H25NO3S. The van der Waals surface area contributed by atoms with Gasteiger partial charge in [0.1, 0.15) is 0 Å². The van der Waals surface area contributed by atoms with E-state index >= 15 is 0 Å². The van der Waals surface area contributed by atoms with Gasteiger partial charge >= 0.3 is 0 Å². The number of hydrogen-bond acceptors (Lipinski definition) is 4. The summed E-state index contributed by atoms with van der Waals surface area (Å²) in [6.07, 6.45) is 0.135. The van der Waals surface area contributed by atoms with Gasteiger partial charge in [-0.25, -0.2) is 8.42 Å². The summed E-state index contributed by atoms with van der Waals surface area (Å²) >= 11 is 0. The molecule has 114 valence electrons. The molecular weight excluding hydrogens is 274 g/mol. The van der Waals surface area contributed by atoms with Crippen molar-refractivity contribution in [3.05, 3.63) is 35.4 Å². The summed E-state index contributed by atoms with van der Waals surface area (Å²) in [5.74, 6) is 0.0566. The molecule has 0 aromatic heterocycles. The normalized spacial score (nSPS) is 16.9. The monoisotopic (exact) mass is 299 g/mol. The summed E-state index contributed by atoms with van der Waals surface area (Å²) in [7, 11) is -3.29. The van der Waals surface area contributed by atoms with Gasteiger partial charge in [0.15, 0.2) is 9.84 Å². The van der Waals surface area contributed by atoms with Crippen LogP contribution in [0.3, 0.4) is 0 Å². The van der Waals surface area contributed by atoms with Crippen LogP contribution in [0.15, 0.2) is 24.3 Å². The largest absolute Gasteiger partial charge is 0.391 e. The van der Waals surface area contributed by atoms with Gasteiger partial charge < -0.3 is 10.8 Å². The van der Waals surface area contributed by atoms with E-state index in [1.807, 2.05) is 24.3 Å². The number of sulfone groups is 1. The number of aliphatic hydroxyl groups excluding tert-OH is 1. The first-order chi connectivity index (χ1) is 9.18. The third kappa shape index (κ3) is 4.04. The molecule has 1 aromatic carbocycles. The van der Waals surface area contributed by atoms with E-state index in [1.165, 1.54) is 12.5 Å². The molecule has 0 bridgehead atoms. The number of hydrogen-bond donors (Lipinski definition) is 2. The fourth-order valence-electron chi connectivity index (χ4n) is 2.18. The maximum Gasteiger partial charge on any atom is 0.152 e. The highest BCUT2D eigenvalue weighted by atomic mass is 32.2. The first kappa shape index (κ1) is 17.1. The lowest BCUT2D eigenvalue weighted by molar-refractivity contribution is 0.144. The average molecular weight is 299 g/mol. The standard InChI is InChI=1S/C15H25NO3S/c1-10(2)12-5-7-13(8-6-12)14(9-16)15(17)11(3)20(4,18)19/h5-8,10-11,14-15,17H,9,16H2,1-4H3. The molecule has 0 aliphatic rings. The number of nitrogens with two attached hydrogens (primary N) is 1. The summed E-state index contributed by atoms with van der Waals surface area (Å²) in [5, 5.41) is 9.45. The first-order valence-electron chi connectivity index (χ1n) is 6.85. The van der Waals surface area contributed by atoms with Crippen LogP contribution < -0.4 is 5.73 Å². The molecule has 0 spiro atoms. The highest BCUT2D eigenvalue weighted by Crippen LogP contribution is 2.25. The molecule has 20 heavy (non-hydrogen) atoms. The molecule has 0 radical (unpaired) electrons. The van der Waals surface area contributed by atoms with Crippen molar-refractivity contribution in [2.75, 3.05) is 12.8 Å². The topological polar surface area (TPSA) is 80.4 Å². The third-order valence-electron chi connectivity index (χ3n) is 3.85. The van der Waals surface area contributed by atoms with Crippen LogP contribution >= 0.6 is 0 Å². The Hall–Kier alpha value is -0.910. The zero-order valence-corrected chi connectivity index (χ0v) is 13.4. The van der Waals surface area contributed by atoms with Crippen LogP contribution in [0.25, 0.3) is 0 Å². The molecule has 4 nitrogen and oxygen atoms in total. The van der Waals surface area contributed by atoms with Crippen molar-refractivity contribution >= 4 is 9.84 Å². The van der Waals surface area contributed by atoms with Gasteiger partial charge in [-0.3, -0.25) is 0 Å². The SMILES string of the molecule is CC(C)c1ccc(C(CN)C(O)C(C)S(C)(=O)=O)cc1. The second-order valence-electron chi connectivity index (χ2n) is 5.69. The minimum absolute atomic E-state index is 0.210. The molecule has 0 aliphatic heterocycles. The van der Waals surface area contributed by atoms with Gasteiger partial charge in [-0.15, -0.1) is 0 Å². The Kier molecular flexibility index (Phi) is 5.74. The quantitative estimate of drug-likeness (QED) is 0.837. The smallest absolute Gasteiger partial charge is 0.152 e. The van der Waals surface area contributed by atoms with Gasteiger partial charge in [0.25, 0.3) is 0 Å². The fraction of sp³-hybridized carbons (Fsp3) is 0.600. The van der Waals surface area contributed by atoms with Crippen LogP contribution in [-0.2, 0) is 9.84 Å². The van der Waals surface area contributed by atoms with E-state index in [-0.39, 0.29) is 12.5 Å². The molecule has 0 aliphatic carbocycles. The van der Waals surface area contributed by atoms with E-state index in [0.29, 0.717) is 5.92 Å². The van der Waals surface area contributed by atoms with Crippen LogP contribution in [0, 0.1) is 0 Å². The number of aliphatic hydroxyl groups is 1. The van der Waals surface area contributed by atoms with Gasteiger partial charge in [0, 0.05) is 18.7 Å². The van der Waals surface area contributed by atoms with Crippen molar-refractivity contribution in [2.24, 2.45) is 5.73 Å². The second-order valence-corrected chi connectivity index (χ2v) is 8.09. The summed E-state index contributed by atoms with van der Waals surface area (Å²) in [6.45, 7) is 5.94. The Labute approximate surface area is 121 Å². The van der Waals surface area contributed by atoms with Crippen LogP contribution in [0.4, 0.5) is 0 Å². The molecule has 3 N–H and O–H groups in total. The highest BCUT2D eigenvalue weighted by molar-refractivity contribution is 7.91. The van der Waals surface area contributed by atoms with Crippen molar-refractivity contribution in [1.82, 2.24) is 0 Å². The van der Waals surface area contributed by atoms with Crippen molar-refractivity contribution in [3.8, 4) is 0 Å². The van der Waals surface area contributed by atoms with Crippen LogP contribution in [0.2, 0.25) is 0 Å². The van der Waals surface area contributed by atoms with Crippen LogP contribution in [0.5, 0.6) is 0 Å². The van der Waals surface area contributed by atoms with Gasteiger partial charge in [-0.1, -0.05) is 38.1 Å². The van der Waals surface area contributed by atoms with Crippen molar-refractivity contribution < 1.29 is 13.5 Å². The Morgan fingerprint density at radius 2 is 1.55 bits per heavy atom. The van der Waals surface area contributed by atoms with E-state index in [9.17, 15) is 13.5 Å². The summed E-state index contributed by atoms with van der Waals surface area (Å²) in [4.78, 5) is 0. The Morgan fingerprint density at radius 1 is 1.10 bits per heavy atom. The Morgan fingerprint density at radius 3 is 1.90 bits per heavy atom. The van der Waals surface area contributed by atoms with Gasteiger partial charge in [0.2, 0.25) is 0 Å². The van der Waals surface area contributed by atoms with E-state index in [1.54, 1.807) is 0 Å². The Bertz CT molecular complexity index is 523. The Balaban J connectivity index is 3.01. The van der Waals surface area contributed by atoms with Crippen molar-refractivity contribution in [2.45, 2.75) is 44.0 Å². The molecule has 0 fully saturated rings. The molecule has 0 heterocycles. The van der Waals surface area contributed by atoms with Gasteiger partial charge in [0.05, 0.1) is 11.4 Å². The fourth-order valence-corrected chi connectivity index (χ4v) is 2.88. The summed E-state index contributed by atoms with van der Waals surface area (Å²) in [6, 6.07) is 7.84.